The van der Waals surface area contributed by atoms with Crippen molar-refractivity contribution in [1.82, 2.24) is 4.90 Å². The third-order valence-corrected chi connectivity index (χ3v) is 3.12. The van der Waals surface area contributed by atoms with Gasteiger partial charge in [-0.3, -0.25) is 4.90 Å². The molecule has 104 valence electrons. The minimum Gasteiger partial charge on any atom is -0.379 e. The summed E-state index contributed by atoms with van der Waals surface area (Å²) < 4.78 is 5.26. The van der Waals surface area contributed by atoms with Crippen LogP contribution >= 0.6 is 24.8 Å². The lowest BCUT2D eigenvalue weighted by Gasteiger charge is -2.38. The Labute approximate surface area is 122 Å². The fraction of sp³-hybridized carbons (Fsp3) is 0.538. The predicted molar refractivity (Wildman–Crippen MR) is 81.3 cm³/mol. The third kappa shape index (κ3) is 4.32. The first-order valence-corrected chi connectivity index (χ1v) is 5.70. The van der Waals surface area contributed by atoms with Gasteiger partial charge in [0.15, 0.2) is 0 Å². The molecular formula is C13H22Cl2N2O. The van der Waals surface area contributed by atoms with Gasteiger partial charge in [0.1, 0.15) is 0 Å². The monoisotopic (exact) mass is 292 g/mol. The standard InChI is InChI=1S/C13H20N2O.2ClH/c1-14(2)12-6-4-11(5-7-12)8-15-9-13(10-15)16-3;;/h4-7,13H,8-10H2,1-3H3;2*1H. The molecule has 0 aliphatic carbocycles. The molecule has 0 amide bonds. The Bertz CT molecular complexity index is 337. The smallest absolute Gasteiger partial charge is 0.0825 e. The van der Waals surface area contributed by atoms with E-state index >= 15 is 0 Å². The zero-order valence-electron chi connectivity index (χ0n) is 11.1. The number of benzene rings is 1. The Balaban J connectivity index is 0.00000144. The minimum atomic E-state index is 0. The van der Waals surface area contributed by atoms with E-state index < -0.39 is 0 Å². The highest BCUT2D eigenvalue weighted by Gasteiger charge is 2.25. The molecule has 0 aromatic heterocycles. The first-order valence-electron chi connectivity index (χ1n) is 5.70. The molecule has 0 saturated carbocycles. The van der Waals surface area contributed by atoms with E-state index in [1.807, 2.05) is 0 Å². The number of anilines is 1. The summed E-state index contributed by atoms with van der Waals surface area (Å²) in [4.78, 5) is 4.52. The molecule has 0 atom stereocenters. The molecule has 0 N–H and O–H groups in total. The molecule has 0 unspecified atom stereocenters. The first kappa shape index (κ1) is 17.5. The van der Waals surface area contributed by atoms with Crippen LogP contribution in [0, 0.1) is 0 Å². The van der Waals surface area contributed by atoms with Crippen molar-refractivity contribution in [2.75, 3.05) is 39.2 Å². The number of hydrogen-bond donors (Lipinski definition) is 0. The highest BCUT2D eigenvalue weighted by Crippen LogP contribution is 2.17. The summed E-state index contributed by atoms with van der Waals surface area (Å²) >= 11 is 0. The van der Waals surface area contributed by atoms with Crippen LogP contribution in [0.25, 0.3) is 0 Å². The first-order chi connectivity index (χ1) is 7.69. The summed E-state index contributed by atoms with van der Waals surface area (Å²) in [5.74, 6) is 0. The lowest BCUT2D eigenvalue weighted by Crippen LogP contribution is -2.50. The van der Waals surface area contributed by atoms with Crippen LogP contribution in [-0.2, 0) is 11.3 Å². The van der Waals surface area contributed by atoms with Gasteiger partial charge < -0.3 is 9.64 Å². The molecular weight excluding hydrogens is 271 g/mol. The van der Waals surface area contributed by atoms with Crippen molar-refractivity contribution >= 4 is 30.5 Å². The van der Waals surface area contributed by atoms with Crippen LogP contribution in [0.5, 0.6) is 0 Å². The van der Waals surface area contributed by atoms with Crippen molar-refractivity contribution in [2.24, 2.45) is 0 Å². The molecule has 3 nitrogen and oxygen atoms in total. The second kappa shape index (κ2) is 7.85. The predicted octanol–water partition coefficient (Wildman–Crippen LogP) is 2.43. The fourth-order valence-corrected chi connectivity index (χ4v) is 1.96. The van der Waals surface area contributed by atoms with Gasteiger partial charge >= 0.3 is 0 Å². The van der Waals surface area contributed by atoms with Crippen LogP contribution in [0.4, 0.5) is 5.69 Å². The maximum absolute atomic E-state index is 5.26. The van der Waals surface area contributed by atoms with E-state index in [0.717, 1.165) is 19.6 Å². The van der Waals surface area contributed by atoms with Crippen LogP contribution in [-0.4, -0.2) is 45.3 Å². The molecule has 5 heteroatoms. The second-order valence-corrected chi connectivity index (χ2v) is 4.61. The van der Waals surface area contributed by atoms with Gasteiger partial charge in [-0.2, -0.15) is 0 Å². The van der Waals surface area contributed by atoms with Crippen molar-refractivity contribution in [1.29, 1.82) is 0 Å². The summed E-state index contributed by atoms with van der Waals surface area (Å²) in [7, 11) is 5.91. The second-order valence-electron chi connectivity index (χ2n) is 4.61. The van der Waals surface area contributed by atoms with Crippen LogP contribution < -0.4 is 4.90 Å². The number of rotatable bonds is 4. The molecule has 1 heterocycles. The normalized spacial score (nSPS) is 15.3. The maximum atomic E-state index is 5.26. The molecule has 1 aromatic carbocycles. The van der Waals surface area contributed by atoms with Gasteiger partial charge in [0.2, 0.25) is 0 Å². The average Bonchev–Trinajstić information content (AvgIpc) is 2.23. The number of hydrogen-bond acceptors (Lipinski definition) is 3. The molecule has 0 spiro atoms. The van der Waals surface area contributed by atoms with E-state index in [1.54, 1.807) is 7.11 Å². The summed E-state index contributed by atoms with van der Waals surface area (Å²) in [6.07, 6.45) is 0.445. The fourth-order valence-electron chi connectivity index (χ4n) is 1.96. The Morgan fingerprint density at radius 2 is 1.72 bits per heavy atom. The van der Waals surface area contributed by atoms with Crippen LogP contribution in [0.15, 0.2) is 24.3 Å². The van der Waals surface area contributed by atoms with Crippen LogP contribution in [0.1, 0.15) is 5.56 Å². The summed E-state index contributed by atoms with van der Waals surface area (Å²) in [5, 5.41) is 0. The zero-order chi connectivity index (χ0) is 11.5. The van der Waals surface area contributed by atoms with Crippen molar-refractivity contribution < 1.29 is 4.74 Å². The quantitative estimate of drug-likeness (QED) is 0.848. The Hall–Kier alpha value is -0.480. The molecule has 0 radical (unpaired) electrons. The van der Waals surface area contributed by atoms with Crippen molar-refractivity contribution in [3.8, 4) is 0 Å². The van der Waals surface area contributed by atoms with Gasteiger partial charge in [-0.05, 0) is 17.7 Å². The topological polar surface area (TPSA) is 15.7 Å². The van der Waals surface area contributed by atoms with Gasteiger partial charge in [-0.25, -0.2) is 0 Å². The van der Waals surface area contributed by atoms with E-state index in [4.69, 9.17) is 4.74 Å². The van der Waals surface area contributed by atoms with Crippen molar-refractivity contribution in [3.05, 3.63) is 29.8 Å². The van der Waals surface area contributed by atoms with Gasteiger partial charge in [0.25, 0.3) is 0 Å². The van der Waals surface area contributed by atoms with E-state index in [9.17, 15) is 0 Å². The van der Waals surface area contributed by atoms with E-state index in [0.29, 0.717) is 6.10 Å². The zero-order valence-corrected chi connectivity index (χ0v) is 12.8. The molecule has 18 heavy (non-hydrogen) atoms. The molecule has 2 rings (SSSR count). The Kier molecular flexibility index (Phi) is 7.64. The van der Waals surface area contributed by atoms with Gasteiger partial charge in [0, 0.05) is 46.5 Å². The molecule has 1 aliphatic rings. The molecule has 1 fully saturated rings. The minimum absolute atomic E-state index is 0. The van der Waals surface area contributed by atoms with Gasteiger partial charge in [-0.15, -0.1) is 24.8 Å². The number of nitrogens with zero attached hydrogens (tertiary/aromatic N) is 2. The largest absolute Gasteiger partial charge is 0.379 e. The van der Waals surface area contributed by atoms with Gasteiger partial charge in [0.05, 0.1) is 6.10 Å². The number of ether oxygens (including phenoxy) is 1. The Morgan fingerprint density at radius 1 is 1.17 bits per heavy atom. The highest BCUT2D eigenvalue weighted by molar-refractivity contribution is 5.85. The lowest BCUT2D eigenvalue weighted by molar-refractivity contribution is -0.0333. The van der Waals surface area contributed by atoms with E-state index in [1.165, 1.54) is 11.3 Å². The number of likely N-dealkylation sites (tertiary alicyclic amines) is 1. The Morgan fingerprint density at radius 3 is 2.17 bits per heavy atom. The number of methoxy groups -OCH3 is 1. The molecule has 1 aromatic rings. The number of halogens is 2. The summed E-state index contributed by atoms with van der Waals surface area (Å²) in [6.45, 7) is 3.16. The van der Waals surface area contributed by atoms with Crippen LogP contribution in [0.2, 0.25) is 0 Å². The van der Waals surface area contributed by atoms with Crippen molar-refractivity contribution in [3.63, 3.8) is 0 Å². The van der Waals surface area contributed by atoms with Crippen LogP contribution in [0.3, 0.4) is 0 Å². The summed E-state index contributed by atoms with van der Waals surface area (Å²) in [5.41, 5.74) is 2.63. The van der Waals surface area contributed by atoms with Crippen molar-refractivity contribution in [2.45, 2.75) is 12.6 Å². The molecule has 0 bridgehead atoms. The maximum Gasteiger partial charge on any atom is 0.0825 e. The SMILES string of the molecule is COC1CN(Cc2ccc(N(C)C)cc2)C1.Cl.Cl. The van der Waals surface area contributed by atoms with Gasteiger partial charge in [-0.1, -0.05) is 12.1 Å². The molecule has 1 saturated heterocycles. The van der Waals surface area contributed by atoms with E-state index in [2.05, 4.69) is 48.2 Å². The highest BCUT2D eigenvalue weighted by atomic mass is 35.5. The average molecular weight is 293 g/mol. The third-order valence-electron chi connectivity index (χ3n) is 3.12. The van der Waals surface area contributed by atoms with E-state index in [-0.39, 0.29) is 24.8 Å². The molecule has 1 aliphatic heterocycles. The summed E-state index contributed by atoms with van der Waals surface area (Å²) in [6, 6.07) is 8.75. The lowest BCUT2D eigenvalue weighted by atomic mass is 10.1.